The van der Waals surface area contributed by atoms with E-state index in [1.807, 2.05) is 0 Å². The molecule has 3 saturated heterocycles. The molecule has 1 amide bonds. The second-order valence-corrected chi connectivity index (χ2v) is 9.90. The molecule has 0 radical (unpaired) electrons. The molecule has 0 saturated carbocycles. The van der Waals surface area contributed by atoms with E-state index in [0.717, 1.165) is 0 Å². The van der Waals surface area contributed by atoms with Gasteiger partial charge in [-0.15, -0.1) is 0 Å². The Morgan fingerprint density at radius 3 is 2.27 bits per heavy atom. The summed E-state index contributed by atoms with van der Waals surface area (Å²) < 4.78 is 16.9. The molecule has 9 nitrogen and oxygen atoms in total. The Labute approximate surface area is 190 Å². The maximum absolute atomic E-state index is 13.8. The summed E-state index contributed by atoms with van der Waals surface area (Å²) >= 11 is 0. The van der Waals surface area contributed by atoms with Gasteiger partial charge in [-0.05, 0) is 40.5 Å². The minimum atomic E-state index is -2.30. The Morgan fingerprint density at radius 2 is 1.70 bits per heavy atom. The first kappa shape index (κ1) is 21.8. The number of hydrogen-bond acceptors (Lipinski definition) is 8. The summed E-state index contributed by atoms with van der Waals surface area (Å²) in [5.74, 6) is -5.84. The Morgan fingerprint density at radius 1 is 1.09 bits per heavy atom. The van der Waals surface area contributed by atoms with Crippen LogP contribution in [0.2, 0.25) is 0 Å². The Balaban J connectivity index is 1.67. The fourth-order valence-electron chi connectivity index (χ4n) is 5.86. The number of benzene rings is 1. The van der Waals surface area contributed by atoms with Crippen LogP contribution in [0.1, 0.15) is 61.3 Å². The van der Waals surface area contributed by atoms with Gasteiger partial charge in [0.2, 0.25) is 0 Å². The van der Waals surface area contributed by atoms with Crippen LogP contribution < -0.4 is 0 Å². The van der Waals surface area contributed by atoms with Crippen LogP contribution >= 0.6 is 0 Å². The van der Waals surface area contributed by atoms with Crippen molar-refractivity contribution < 1.29 is 38.2 Å². The lowest BCUT2D eigenvalue weighted by molar-refractivity contribution is -0.173. The van der Waals surface area contributed by atoms with Crippen LogP contribution in [0.5, 0.6) is 0 Å². The van der Waals surface area contributed by atoms with Crippen LogP contribution in [-0.2, 0) is 28.6 Å². The third kappa shape index (κ3) is 2.59. The topological polar surface area (TPSA) is 116 Å². The van der Waals surface area contributed by atoms with Crippen LogP contribution in [0.25, 0.3) is 0 Å². The van der Waals surface area contributed by atoms with Crippen molar-refractivity contribution >= 4 is 29.4 Å². The normalized spacial score (nSPS) is 34.1. The molecule has 1 aromatic carbocycles. The van der Waals surface area contributed by atoms with Crippen molar-refractivity contribution in [3.63, 3.8) is 0 Å². The van der Waals surface area contributed by atoms with Gasteiger partial charge in [-0.25, -0.2) is 9.59 Å². The number of piperidine rings is 1. The zero-order chi connectivity index (χ0) is 23.9. The lowest BCUT2D eigenvalue weighted by Gasteiger charge is -2.43. The Hall–Kier alpha value is -3.07. The number of Topliss-reactive ketones (excluding diaryl/α,β-unsaturated/α-hetero) is 2. The number of amides is 1. The number of fused-ring (bicyclic) bond motifs is 4. The van der Waals surface area contributed by atoms with E-state index in [0.29, 0.717) is 0 Å². The van der Waals surface area contributed by atoms with Crippen molar-refractivity contribution in [3.8, 4) is 0 Å². The quantitative estimate of drug-likeness (QED) is 0.499. The Bertz CT molecular complexity index is 1120. The largest absolute Gasteiger partial charge is 0.463 e. The van der Waals surface area contributed by atoms with Crippen molar-refractivity contribution in [2.24, 2.45) is 11.8 Å². The fraction of sp³-hybridized carbons (Fsp3) is 0.542. The first-order valence-corrected chi connectivity index (χ1v) is 11.1. The third-order valence-corrected chi connectivity index (χ3v) is 6.91. The van der Waals surface area contributed by atoms with Crippen molar-refractivity contribution in [2.75, 3.05) is 6.61 Å². The minimum Gasteiger partial charge on any atom is -0.463 e. The van der Waals surface area contributed by atoms with E-state index in [9.17, 15) is 24.0 Å². The molecular formula is C24H25NO8. The van der Waals surface area contributed by atoms with Gasteiger partial charge in [0, 0.05) is 11.1 Å². The number of esters is 2. The first-order chi connectivity index (χ1) is 15.5. The molecule has 2 bridgehead atoms. The number of rotatable bonds is 3. The average Bonchev–Trinajstić information content (AvgIpc) is 3.35. The molecule has 33 heavy (non-hydrogen) atoms. The predicted molar refractivity (Wildman–Crippen MR) is 111 cm³/mol. The lowest BCUT2D eigenvalue weighted by Crippen LogP contribution is -2.66. The summed E-state index contributed by atoms with van der Waals surface area (Å²) in [6.45, 7) is 6.65. The van der Waals surface area contributed by atoms with E-state index in [2.05, 4.69) is 0 Å². The van der Waals surface area contributed by atoms with Gasteiger partial charge in [-0.2, -0.15) is 0 Å². The molecule has 0 N–H and O–H groups in total. The zero-order valence-corrected chi connectivity index (χ0v) is 18.9. The average molecular weight is 455 g/mol. The molecule has 9 heteroatoms. The van der Waals surface area contributed by atoms with Crippen molar-refractivity contribution in [1.29, 1.82) is 0 Å². The summed E-state index contributed by atoms with van der Waals surface area (Å²) in [5, 5.41) is 0. The van der Waals surface area contributed by atoms with Gasteiger partial charge in [-0.1, -0.05) is 24.3 Å². The standard InChI is InChI=1S/C24H25NO8/c1-5-31-21(30)24-16-15(17(26)12-8-6-7-9-13(12)18(16)27)23(33-24)11-10-14(25(23)20(24)29)19(28)32-22(2,3)4/h6-9,14-16H,5,10-11H2,1-4H3/t14-,15-,16+,23+,24-/m0/s1. The summed E-state index contributed by atoms with van der Waals surface area (Å²) in [6.07, 6.45) is 0.304. The van der Waals surface area contributed by atoms with Crippen LogP contribution in [0.3, 0.4) is 0 Å². The summed E-state index contributed by atoms with van der Waals surface area (Å²) in [5.41, 5.74) is -4.31. The molecule has 5 atom stereocenters. The number of nitrogens with zero attached hydrogens (tertiary/aromatic N) is 1. The number of carbonyl (C=O) groups excluding carboxylic acids is 5. The SMILES string of the molecule is CCOC(=O)[C@@]12O[C@]3(CC[C@@H](C(=O)OC(C)(C)C)N3C1=O)[C@@H]1C(=O)c3ccccc3C(=O)[C@@H]12. The molecule has 0 aromatic heterocycles. The minimum absolute atomic E-state index is 0.0458. The molecule has 3 heterocycles. The third-order valence-electron chi connectivity index (χ3n) is 6.91. The van der Waals surface area contributed by atoms with E-state index >= 15 is 0 Å². The fourth-order valence-corrected chi connectivity index (χ4v) is 5.86. The van der Waals surface area contributed by atoms with Crippen LogP contribution in [0, 0.1) is 11.8 Å². The Kier molecular flexibility index (Phi) is 4.43. The maximum atomic E-state index is 13.8. The molecular weight excluding hydrogens is 430 g/mol. The molecule has 3 fully saturated rings. The van der Waals surface area contributed by atoms with Crippen LogP contribution in [0.15, 0.2) is 24.3 Å². The van der Waals surface area contributed by atoms with E-state index in [1.165, 1.54) is 11.0 Å². The van der Waals surface area contributed by atoms with E-state index in [4.69, 9.17) is 14.2 Å². The maximum Gasteiger partial charge on any atom is 0.349 e. The molecule has 3 aliphatic heterocycles. The van der Waals surface area contributed by atoms with Gasteiger partial charge in [0.05, 0.1) is 18.4 Å². The van der Waals surface area contributed by atoms with Crippen molar-refractivity contribution in [2.45, 2.75) is 63.5 Å². The van der Waals surface area contributed by atoms with Gasteiger partial charge < -0.3 is 14.2 Å². The van der Waals surface area contributed by atoms with Gasteiger partial charge in [0.15, 0.2) is 17.3 Å². The van der Waals surface area contributed by atoms with Gasteiger partial charge in [0.1, 0.15) is 11.6 Å². The number of ketones is 2. The van der Waals surface area contributed by atoms with E-state index < -0.39 is 58.4 Å². The number of carbonyl (C=O) groups is 5. The van der Waals surface area contributed by atoms with Gasteiger partial charge >= 0.3 is 11.9 Å². The summed E-state index contributed by atoms with van der Waals surface area (Å²) in [4.78, 5) is 68.4. The highest BCUT2D eigenvalue weighted by Crippen LogP contribution is 2.64. The monoisotopic (exact) mass is 455 g/mol. The second kappa shape index (κ2) is 6.72. The molecule has 1 aromatic rings. The highest BCUT2D eigenvalue weighted by Gasteiger charge is 2.85. The summed E-state index contributed by atoms with van der Waals surface area (Å²) in [6, 6.07) is 5.30. The van der Waals surface area contributed by atoms with Gasteiger partial charge in [0.25, 0.3) is 11.5 Å². The van der Waals surface area contributed by atoms with Crippen molar-refractivity contribution in [3.05, 3.63) is 35.4 Å². The molecule has 0 unspecified atom stereocenters. The highest BCUT2D eigenvalue weighted by atomic mass is 16.6. The smallest absolute Gasteiger partial charge is 0.349 e. The highest BCUT2D eigenvalue weighted by molar-refractivity contribution is 6.24. The van der Waals surface area contributed by atoms with Crippen LogP contribution in [0.4, 0.5) is 0 Å². The van der Waals surface area contributed by atoms with Crippen LogP contribution in [-0.4, -0.2) is 63.9 Å². The molecule has 174 valence electrons. The molecule has 5 rings (SSSR count). The van der Waals surface area contributed by atoms with Crippen molar-refractivity contribution in [1.82, 2.24) is 4.90 Å². The molecule has 1 spiro atoms. The van der Waals surface area contributed by atoms with E-state index in [1.54, 1.807) is 45.9 Å². The molecule has 4 aliphatic rings. The summed E-state index contributed by atoms with van der Waals surface area (Å²) in [7, 11) is 0. The van der Waals surface area contributed by atoms with E-state index in [-0.39, 0.29) is 36.4 Å². The predicted octanol–water partition coefficient (Wildman–Crippen LogP) is 1.67. The zero-order valence-electron chi connectivity index (χ0n) is 18.9. The number of ether oxygens (including phenoxy) is 3. The lowest BCUT2D eigenvalue weighted by atomic mass is 9.63. The molecule has 1 aliphatic carbocycles. The number of hydrogen-bond donors (Lipinski definition) is 0. The second-order valence-electron chi connectivity index (χ2n) is 9.90. The van der Waals surface area contributed by atoms with Gasteiger partial charge in [-0.3, -0.25) is 19.3 Å². The first-order valence-electron chi connectivity index (χ1n) is 11.1.